The molecule has 1 atom stereocenters. The van der Waals surface area contributed by atoms with Crippen LogP contribution in [0.1, 0.15) is 24.4 Å². The van der Waals surface area contributed by atoms with Crippen LogP contribution in [0.3, 0.4) is 0 Å². The summed E-state index contributed by atoms with van der Waals surface area (Å²) in [4.78, 5) is 10.5. The Hall–Kier alpha value is -2.07. The Bertz CT molecular complexity index is 657. The Kier molecular flexibility index (Phi) is 3.80. The van der Waals surface area contributed by atoms with Crippen LogP contribution in [0, 0.1) is 16.0 Å². The molecule has 21 heavy (non-hydrogen) atoms. The Morgan fingerprint density at radius 1 is 1.19 bits per heavy atom. The average molecular weight is 303 g/mol. The molecule has 2 aromatic carbocycles. The van der Waals surface area contributed by atoms with E-state index in [2.05, 4.69) is 17.4 Å². The van der Waals surface area contributed by atoms with Gasteiger partial charge in [0.05, 0.1) is 11.0 Å². The molecule has 4 nitrogen and oxygen atoms in total. The molecule has 1 N–H and O–H groups in total. The van der Waals surface area contributed by atoms with Crippen LogP contribution in [-0.4, -0.2) is 4.92 Å². The molecule has 1 saturated carbocycles. The fourth-order valence-corrected chi connectivity index (χ4v) is 2.67. The minimum absolute atomic E-state index is 0.0655. The van der Waals surface area contributed by atoms with Gasteiger partial charge in [-0.3, -0.25) is 10.1 Å². The van der Waals surface area contributed by atoms with Gasteiger partial charge in [-0.1, -0.05) is 41.9 Å². The number of halogens is 1. The zero-order valence-corrected chi connectivity index (χ0v) is 12.1. The second kappa shape index (κ2) is 5.74. The second-order valence-corrected chi connectivity index (χ2v) is 5.70. The molecule has 0 bridgehead atoms. The summed E-state index contributed by atoms with van der Waals surface area (Å²) in [7, 11) is 0. The molecule has 5 heteroatoms. The van der Waals surface area contributed by atoms with Crippen LogP contribution in [-0.2, 0) is 0 Å². The largest absolute Gasteiger partial charge is 0.378 e. The molecular weight excluding hydrogens is 288 g/mol. The van der Waals surface area contributed by atoms with Crippen molar-refractivity contribution in [3.05, 3.63) is 69.2 Å². The van der Waals surface area contributed by atoms with E-state index in [1.54, 1.807) is 12.1 Å². The predicted octanol–water partition coefficient (Wildman–Crippen LogP) is 4.81. The first kappa shape index (κ1) is 13.9. The summed E-state index contributed by atoms with van der Waals surface area (Å²) in [6.45, 7) is 0. The van der Waals surface area contributed by atoms with Crippen molar-refractivity contribution < 1.29 is 4.92 Å². The number of nitrogens with zero attached hydrogens (tertiary/aromatic N) is 1. The molecule has 0 spiro atoms. The zero-order chi connectivity index (χ0) is 14.8. The fourth-order valence-electron chi connectivity index (χ4n) is 2.49. The van der Waals surface area contributed by atoms with Gasteiger partial charge in [0.1, 0.15) is 5.02 Å². The lowest BCUT2D eigenvalue weighted by Gasteiger charge is -2.20. The number of hydrogen-bond donors (Lipinski definition) is 1. The molecule has 1 fully saturated rings. The molecule has 1 aliphatic rings. The summed E-state index contributed by atoms with van der Waals surface area (Å²) in [5.41, 5.74) is 1.87. The van der Waals surface area contributed by atoms with Gasteiger partial charge in [-0.25, -0.2) is 0 Å². The molecule has 3 rings (SSSR count). The van der Waals surface area contributed by atoms with E-state index in [9.17, 15) is 10.1 Å². The molecule has 1 aliphatic carbocycles. The van der Waals surface area contributed by atoms with Crippen LogP contribution in [0.15, 0.2) is 48.5 Å². The number of nitro benzene ring substituents is 1. The van der Waals surface area contributed by atoms with Crippen LogP contribution in [0.2, 0.25) is 5.02 Å². The van der Waals surface area contributed by atoms with E-state index in [1.807, 2.05) is 18.2 Å². The van der Waals surface area contributed by atoms with Crippen LogP contribution < -0.4 is 5.32 Å². The number of hydrogen-bond acceptors (Lipinski definition) is 3. The number of nitrogens with one attached hydrogen (secondary N) is 1. The first-order valence-electron chi connectivity index (χ1n) is 6.90. The standard InChI is InChI=1S/C16H15ClN2O2/c17-14-9-8-13(10-15(14)19(20)21)18-16(12-6-7-12)11-4-2-1-3-5-11/h1-5,8-10,12,16,18H,6-7H2. The predicted molar refractivity (Wildman–Crippen MR) is 83.6 cm³/mol. The number of anilines is 1. The topological polar surface area (TPSA) is 55.2 Å². The molecule has 1 unspecified atom stereocenters. The Labute approximate surface area is 127 Å². The quantitative estimate of drug-likeness (QED) is 0.637. The molecular formula is C16H15ClN2O2. The molecule has 0 saturated heterocycles. The van der Waals surface area contributed by atoms with Gasteiger partial charge in [-0.2, -0.15) is 0 Å². The summed E-state index contributed by atoms with van der Waals surface area (Å²) >= 11 is 5.85. The molecule has 108 valence electrons. The van der Waals surface area contributed by atoms with Crippen LogP contribution in [0.5, 0.6) is 0 Å². The maximum atomic E-state index is 11.0. The van der Waals surface area contributed by atoms with Crippen molar-refractivity contribution in [1.29, 1.82) is 0 Å². The van der Waals surface area contributed by atoms with Crippen LogP contribution in [0.4, 0.5) is 11.4 Å². The summed E-state index contributed by atoms with van der Waals surface area (Å²) in [5.74, 6) is 0.585. The van der Waals surface area contributed by atoms with Crippen LogP contribution >= 0.6 is 11.6 Å². The zero-order valence-electron chi connectivity index (χ0n) is 11.3. The van der Waals surface area contributed by atoms with Crippen molar-refractivity contribution >= 4 is 23.0 Å². The van der Waals surface area contributed by atoms with E-state index in [4.69, 9.17) is 11.6 Å². The van der Waals surface area contributed by atoms with Gasteiger partial charge >= 0.3 is 0 Å². The van der Waals surface area contributed by atoms with Crippen molar-refractivity contribution in [2.75, 3.05) is 5.32 Å². The molecule has 0 aromatic heterocycles. The van der Waals surface area contributed by atoms with Crippen molar-refractivity contribution in [2.24, 2.45) is 5.92 Å². The first-order chi connectivity index (χ1) is 10.1. The SMILES string of the molecule is O=[N+]([O-])c1cc(NC(c2ccccc2)C2CC2)ccc1Cl. The highest BCUT2D eigenvalue weighted by atomic mass is 35.5. The summed E-state index contributed by atoms with van der Waals surface area (Å²) in [6.07, 6.45) is 2.37. The van der Waals surface area contributed by atoms with Crippen molar-refractivity contribution in [3.63, 3.8) is 0 Å². The highest BCUT2D eigenvalue weighted by Crippen LogP contribution is 2.43. The van der Waals surface area contributed by atoms with Gasteiger partial charge in [-0.05, 0) is 36.5 Å². The summed E-state index contributed by atoms with van der Waals surface area (Å²) in [6, 6.07) is 15.2. The summed E-state index contributed by atoms with van der Waals surface area (Å²) < 4.78 is 0. The van der Waals surface area contributed by atoms with E-state index in [-0.39, 0.29) is 16.8 Å². The Morgan fingerprint density at radius 2 is 1.90 bits per heavy atom. The minimum atomic E-state index is -0.456. The highest BCUT2D eigenvalue weighted by Gasteiger charge is 2.32. The molecule has 2 aromatic rings. The highest BCUT2D eigenvalue weighted by molar-refractivity contribution is 6.32. The van der Waals surface area contributed by atoms with E-state index in [0.29, 0.717) is 5.92 Å². The number of benzene rings is 2. The lowest BCUT2D eigenvalue weighted by atomic mass is 10.0. The van der Waals surface area contributed by atoms with Crippen molar-refractivity contribution in [2.45, 2.75) is 18.9 Å². The number of nitro groups is 1. The maximum Gasteiger partial charge on any atom is 0.289 e. The first-order valence-corrected chi connectivity index (χ1v) is 7.28. The van der Waals surface area contributed by atoms with Gasteiger partial charge in [0.2, 0.25) is 0 Å². The minimum Gasteiger partial charge on any atom is -0.378 e. The van der Waals surface area contributed by atoms with Gasteiger partial charge in [0.25, 0.3) is 5.69 Å². The molecule has 0 heterocycles. The normalized spacial score (nSPS) is 15.5. The van der Waals surface area contributed by atoms with E-state index in [0.717, 1.165) is 5.69 Å². The lowest BCUT2D eigenvalue weighted by molar-refractivity contribution is -0.384. The smallest absolute Gasteiger partial charge is 0.289 e. The lowest BCUT2D eigenvalue weighted by Crippen LogP contribution is -2.12. The average Bonchev–Trinajstić information content (AvgIpc) is 3.31. The number of rotatable bonds is 5. The molecule has 0 radical (unpaired) electrons. The third-order valence-electron chi connectivity index (χ3n) is 3.72. The molecule has 0 aliphatic heterocycles. The van der Waals surface area contributed by atoms with Crippen molar-refractivity contribution in [3.8, 4) is 0 Å². The second-order valence-electron chi connectivity index (χ2n) is 5.29. The van der Waals surface area contributed by atoms with Gasteiger partial charge < -0.3 is 5.32 Å². The third-order valence-corrected chi connectivity index (χ3v) is 4.04. The van der Waals surface area contributed by atoms with Gasteiger partial charge in [-0.15, -0.1) is 0 Å². The molecule has 0 amide bonds. The third kappa shape index (κ3) is 3.16. The fraction of sp³-hybridized carbons (Fsp3) is 0.250. The maximum absolute atomic E-state index is 11.0. The monoisotopic (exact) mass is 302 g/mol. The van der Waals surface area contributed by atoms with E-state index >= 15 is 0 Å². The van der Waals surface area contributed by atoms with Gasteiger partial charge in [0.15, 0.2) is 0 Å². The Balaban J connectivity index is 1.87. The van der Waals surface area contributed by atoms with E-state index < -0.39 is 4.92 Å². The van der Waals surface area contributed by atoms with Crippen molar-refractivity contribution in [1.82, 2.24) is 0 Å². The summed E-state index contributed by atoms with van der Waals surface area (Å²) in [5, 5.41) is 14.5. The Morgan fingerprint density at radius 3 is 2.52 bits per heavy atom. The van der Waals surface area contributed by atoms with Crippen LogP contribution in [0.25, 0.3) is 0 Å². The van der Waals surface area contributed by atoms with Gasteiger partial charge in [0, 0.05) is 11.8 Å². The van der Waals surface area contributed by atoms with E-state index in [1.165, 1.54) is 24.5 Å².